The molecule has 2 aromatic heterocycles. The molecule has 0 atom stereocenters. The second kappa shape index (κ2) is 7.86. The van der Waals surface area contributed by atoms with E-state index in [1.54, 1.807) is 30.7 Å². The van der Waals surface area contributed by atoms with Crippen LogP contribution in [0.3, 0.4) is 0 Å². The third-order valence-corrected chi connectivity index (χ3v) is 4.46. The van der Waals surface area contributed by atoms with Crippen molar-refractivity contribution in [2.45, 2.75) is 20.5 Å². The number of hydrogen-bond donors (Lipinski definition) is 0. The Morgan fingerprint density at radius 2 is 1.67 bits per heavy atom. The van der Waals surface area contributed by atoms with E-state index in [0.717, 1.165) is 0 Å². The van der Waals surface area contributed by atoms with E-state index in [2.05, 4.69) is 15.2 Å². The normalized spacial score (nSPS) is 10.9. The molecule has 0 radical (unpaired) electrons. The molecule has 152 valence electrons. The standard InChI is InChI=1S/C21H16F2N4O3/c1-12-19(13(2)27(25-12)17-9-7-16(23)8-10-17)21(28)29-11-18-24-20(30-26-18)14-3-5-15(22)6-4-14/h3-10H,11H2,1-2H3. The van der Waals surface area contributed by atoms with E-state index in [-0.39, 0.29) is 30.0 Å². The van der Waals surface area contributed by atoms with Crippen molar-refractivity contribution in [2.75, 3.05) is 0 Å². The van der Waals surface area contributed by atoms with E-state index < -0.39 is 5.97 Å². The summed E-state index contributed by atoms with van der Waals surface area (Å²) in [5, 5.41) is 8.12. The first kappa shape index (κ1) is 19.4. The Labute approximate surface area is 169 Å². The second-order valence-corrected chi connectivity index (χ2v) is 6.53. The van der Waals surface area contributed by atoms with Crippen LogP contribution in [0.4, 0.5) is 8.78 Å². The van der Waals surface area contributed by atoms with Crippen molar-refractivity contribution in [1.29, 1.82) is 0 Å². The second-order valence-electron chi connectivity index (χ2n) is 6.53. The van der Waals surface area contributed by atoms with Crippen LogP contribution in [0.25, 0.3) is 17.1 Å². The molecule has 7 nitrogen and oxygen atoms in total. The molecule has 0 amide bonds. The molecule has 9 heteroatoms. The van der Waals surface area contributed by atoms with Crippen LogP contribution in [0.15, 0.2) is 53.1 Å². The molecule has 0 spiro atoms. The van der Waals surface area contributed by atoms with E-state index in [1.165, 1.54) is 36.4 Å². The first-order chi connectivity index (χ1) is 14.4. The molecular formula is C21H16F2N4O3. The highest BCUT2D eigenvalue weighted by atomic mass is 19.1. The Hall–Kier alpha value is -3.88. The number of hydrogen-bond acceptors (Lipinski definition) is 6. The SMILES string of the molecule is Cc1nn(-c2ccc(F)cc2)c(C)c1C(=O)OCc1noc(-c2ccc(F)cc2)n1. The van der Waals surface area contributed by atoms with Crippen LogP contribution in [0.5, 0.6) is 0 Å². The fourth-order valence-corrected chi connectivity index (χ4v) is 3.00. The topological polar surface area (TPSA) is 83.0 Å². The molecule has 0 aliphatic heterocycles. The molecule has 0 saturated carbocycles. The van der Waals surface area contributed by atoms with Gasteiger partial charge in [0.15, 0.2) is 6.61 Å². The Bertz CT molecular complexity index is 1200. The maximum atomic E-state index is 13.2. The molecule has 0 aliphatic carbocycles. The van der Waals surface area contributed by atoms with E-state index in [1.807, 2.05) is 0 Å². The van der Waals surface area contributed by atoms with Crippen molar-refractivity contribution < 1.29 is 22.8 Å². The molecule has 0 aliphatic rings. The lowest BCUT2D eigenvalue weighted by atomic mass is 10.2. The average molecular weight is 410 g/mol. The molecule has 0 fully saturated rings. The summed E-state index contributed by atoms with van der Waals surface area (Å²) in [6.45, 7) is 3.20. The fraction of sp³-hybridized carbons (Fsp3) is 0.143. The van der Waals surface area contributed by atoms with Crippen molar-refractivity contribution in [1.82, 2.24) is 19.9 Å². The van der Waals surface area contributed by atoms with Gasteiger partial charge in [-0.2, -0.15) is 10.1 Å². The molecule has 0 N–H and O–H groups in total. The quantitative estimate of drug-likeness (QED) is 0.459. The molecule has 2 heterocycles. The number of benzene rings is 2. The number of carbonyl (C=O) groups is 1. The summed E-state index contributed by atoms with van der Waals surface area (Å²) < 4.78 is 38.2. The predicted octanol–water partition coefficient (Wildman–Crippen LogP) is 4.17. The number of halogens is 2. The zero-order valence-corrected chi connectivity index (χ0v) is 16.1. The Morgan fingerprint density at radius 3 is 2.33 bits per heavy atom. The average Bonchev–Trinajstić information content (AvgIpc) is 3.32. The number of carbonyl (C=O) groups excluding carboxylic acids is 1. The van der Waals surface area contributed by atoms with Crippen LogP contribution >= 0.6 is 0 Å². The van der Waals surface area contributed by atoms with Crippen LogP contribution < -0.4 is 0 Å². The third kappa shape index (κ3) is 3.82. The zero-order chi connectivity index (χ0) is 21.3. The van der Waals surface area contributed by atoms with Gasteiger partial charge in [-0.15, -0.1) is 0 Å². The maximum absolute atomic E-state index is 13.2. The highest BCUT2D eigenvalue weighted by Gasteiger charge is 2.21. The fourth-order valence-electron chi connectivity index (χ4n) is 3.00. The summed E-state index contributed by atoms with van der Waals surface area (Å²) in [5.74, 6) is -0.965. The lowest BCUT2D eigenvalue weighted by molar-refractivity contribution is 0.0458. The third-order valence-electron chi connectivity index (χ3n) is 4.46. The number of rotatable bonds is 5. The smallest absolute Gasteiger partial charge is 0.342 e. The number of aryl methyl sites for hydroxylation is 1. The Morgan fingerprint density at radius 1 is 1.03 bits per heavy atom. The molecule has 0 saturated heterocycles. The van der Waals surface area contributed by atoms with Gasteiger partial charge in [0, 0.05) is 5.56 Å². The molecule has 30 heavy (non-hydrogen) atoms. The first-order valence-electron chi connectivity index (χ1n) is 9.00. The van der Waals surface area contributed by atoms with Crippen LogP contribution in [-0.4, -0.2) is 25.9 Å². The number of nitrogens with zero attached hydrogens (tertiary/aromatic N) is 4. The van der Waals surface area contributed by atoms with Crippen LogP contribution in [0, 0.1) is 25.5 Å². The molecule has 2 aromatic carbocycles. The van der Waals surface area contributed by atoms with Gasteiger partial charge in [0.2, 0.25) is 5.82 Å². The van der Waals surface area contributed by atoms with E-state index in [4.69, 9.17) is 9.26 Å². The maximum Gasteiger partial charge on any atom is 0.342 e. The molecule has 4 rings (SSSR count). The lowest BCUT2D eigenvalue weighted by Crippen LogP contribution is -2.09. The van der Waals surface area contributed by atoms with Gasteiger partial charge in [0.25, 0.3) is 5.89 Å². The first-order valence-corrected chi connectivity index (χ1v) is 9.00. The summed E-state index contributed by atoms with van der Waals surface area (Å²) in [7, 11) is 0. The van der Waals surface area contributed by atoms with Crippen LogP contribution in [0.1, 0.15) is 27.6 Å². The Kier molecular flexibility index (Phi) is 5.09. The zero-order valence-electron chi connectivity index (χ0n) is 16.1. The van der Waals surface area contributed by atoms with Crippen molar-refractivity contribution in [3.63, 3.8) is 0 Å². The van der Waals surface area contributed by atoms with Crippen molar-refractivity contribution in [2.24, 2.45) is 0 Å². The highest BCUT2D eigenvalue weighted by Crippen LogP contribution is 2.21. The molecule has 0 bridgehead atoms. The van der Waals surface area contributed by atoms with Crippen LogP contribution in [0.2, 0.25) is 0 Å². The summed E-state index contributed by atoms with van der Waals surface area (Å²) in [5.41, 5.74) is 2.51. The van der Waals surface area contributed by atoms with Gasteiger partial charge >= 0.3 is 5.97 Å². The summed E-state index contributed by atoms with van der Waals surface area (Å²) in [4.78, 5) is 16.8. The minimum atomic E-state index is -0.591. The Balaban J connectivity index is 1.48. The molecule has 0 unspecified atom stereocenters. The van der Waals surface area contributed by atoms with E-state index in [0.29, 0.717) is 28.2 Å². The van der Waals surface area contributed by atoms with Gasteiger partial charge < -0.3 is 9.26 Å². The number of esters is 1. The van der Waals surface area contributed by atoms with Gasteiger partial charge in [0.05, 0.1) is 17.1 Å². The van der Waals surface area contributed by atoms with Crippen molar-refractivity contribution >= 4 is 5.97 Å². The van der Waals surface area contributed by atoms with Crippen molar-refractivity contribution in [3.05, 3.63) is 82.9 Å². The van der Waals surface area contributed by atoms with Gasteiger partial charge in [-0.25, -0.2) is 18.3 Å². The van der Waals surface area contributed by atoms with Crippen molar-refractivity contribution in [3.8, 4) is 17.1 Å². The minimum absolute atomic E-state index is 0.170. The largest absolute Gasteiger partial charge is 0.454 e. The predicted molar refractivity (Wildman–Crippen MR) is 102 cm³/mol. The van der Waals surface area contributed by atoms with Gasteiger partial charge in [-0.05, 0) is 62.4 Å². The lowest BCUT2D eigenvalue weighted by Gasteiger charge is -2.05. The van der Waals surface area contributed by atoms with Crippen LogP contribution in [-0.2, 0) is 11.3 Å². The number of aromatic nitrogens is 4. The minimum Gasteiger partial charge on any atom is -0.454 e. The van der Waals surface area contributed by atoms with E-state index in [9.17, 15) is 13.6 Å². The summed E-state index contributed by atoms with van der Waals surface area (Å²) in [6.07, 6.45) is 0. The van der Waals surface area contributed by atoms with E-state index >= 15 is 0 Å². The van der Waals surface area contributed by atoms with Gasteiger partial charge in [0.1, 0.15) is 17.2 Å². The summed E-state index contributed by atoms with van der Waals surface area (Å²) in [6, 6.07) is 11.4. The molecule has 4 aromatic rings. The molecular weight excluding hydrogens is 394 g/mol. The number of ether oxygens (including phenoxy) is 1. The monoisotopic (exact) mass is 410 g/mol. The van der Waals surface area contributed by atoms with Gasteiger partial charge in [-0.3, -0.25) is 0 Å². The van der Waals surface area contributed by atoms with Gasteiger partial charge in [-0.1, -0.05) is 5.16 Å². The summed E-state index contributed by atoms with van der Waals surface area (Å²) >= 11 is 0. The highest BCUT2D eigenvalue weighted by molar-refractivity contribution is 5.92.